The minimum absolute atomic E-state index is 0.215. The van der Waals surface area contributed by atoms with E-state index in [0.717, 1.165) is 26.1 Å². The first-order chi connectivity index (χ1) is 6.59. The maximum absolute atomic E-state index is 11.5. The lowest BCUT2D eigenvalue weighted by Gasteiger charge is -2.17. The van der Waals surface area contributed by atoms with E-state index in [-0.39, 0.29) is 5.91 Å². The summed E-state index contributed by atoms with van der Waals surface area (Å²) in [5, 5.41) is 3.41. The lowest BCUT2D eigenvalue weighted by Crippen LogP contribution is -2.35. The molecule has 1 amide bonds. The van der Waals surface area contributed by atoms with Gasteiger partial charge in [-0.3, -0.25) is 4.79 Å². The highest BCUT2D eigenvalue weighted by Gasteiger charge is 2.17. The van der Waals surface area contributed by atoms with Crippen LogP contribution in [-0.4, -0.2) is 62.5 Å². The molecule has 0 aromatic carbocycles. The zero-order valence-corrected chi connectivity index (χ0v) is 9.42. The van der Waals surface area contributed by atoms with Gasteiger partial charge in [0.25, 0.3) is 0 Å². The smallest absolute Gasteiger partial charge is 0.223 e. The number of rotatable bonds is 2. The molecule has 4 nitrogen and oxygen atoms in total. The van der Waals surface area contributed by atoms with Gasteiger partial charge in [0.15, 0.2) is 0 Å². The Labute approximate surface area is 86.2 Å². The Bertz CT molecular complexity index is 194. The van der Waals surface area contributed by atoms with Gasteiger partial charge in [0.2, 0.25) is 5.91 Å². The molecule has 0 radical (unpaired) electrons. The molecule has 1 aliphatic heterocycles. The third-order valence-electron chi connectivity index (χ3n) is 2.71. The predicted octanol–water partition coefficient (Wildman–Crippen LogP) is -0.242. The third-order valence-corrected chi connectivity index (χ3v) is 2.71. The SMILES string of the molecule is CN1CCNC(CC(=O)N(C)C)CC1. The van der Waals surface area contributed by atoms with Gasteiger partial charge in [-0.1, -0.05) is 0 Å². The maximum Gasteiger partial charge on any atom is 0.223 e. The number of hydrogen-bond donors (Lipinski definition) is 1. The van der Waals surface area contributed by atoms with Gasteiger partial charge < -0.3 is 15.1 Å². The van der Waals surface area contributed by atoms with E-state index in [1.807, 2.05) is 14.1 Å². The quantitative estimate of drug-likeness (QED) is 0.666. The molecule has 0 aliphatic carbocycles. The molecule has 1 fully saturated rings. The summed E-state index contributed by atoms with van der Waals surface area (Å²) in [5.41, 5.74) is 0. The van der Waals surface area contributed by atoms with Crippen molar-refractivity contribution in [3.8, 4) is 0 Å². The second-order valence-corrected chi connectivity index (χ2v) is 4.24. The van der Waals surface area contributed by atoms with Crippen LogP contribution in [0.5, 0.6) is 0 Å². The van der Waals surface area contributed by atoms with Gasteiger partial charge in [-0.05, 0) is 20.0 Å². The number of carbonyl (C=O) groups is 1. The molecule has 0 spiro atoms. The molecule has 1 aliphatic rings. The van der Waals surface area contributed by atoms with Crippen molar-refractivity contribution in [2.24, 2.45) is 0 Å². The number of carbonyl (C=O) groups excluding carboxylic acids is 1. The van der Waals surface area contributed by atoms with Crippen molar-refractivity contribution in [3.63, 3.8) is 0 Å². The molecule has 0 bridgehead atoms. The fourth-order valence-corrected chi connectivity index (χ4v) is 1.62. The topological polar surface area (TPSA) is 35.6 Å². The van der Waals surface area contributed by atoms with Gasteiger partial charge in [-0.2, -0.15) is 0 Å². The Morgan fingerprint density at radius 3 is 2.86 bits per heavy atom. The van der Waals surface area contributed by atoms with Gasteiger partial charge in [0, 0.05) is 39.6 Å². The zero-order chi connectivity index (χ0) is 10.6. The molecule has 4 heteroatoms. The average molecular weight is 199 g/mol. The second-order valence-electron chi connectivity index (χ2n) is 4.24. The fraction of sp³-hybridized carbons (Fsp3) is 0.900. The minimum atomic E-state index is 0.215. The fourth-order valence-electron chi connectivity index (χ4n) is 1.62. The van der Waals surface area contributed by atoms with Gasteiger partial charge in [-0.15, -0.1) is 0 Å². The maximum atomic E-state index is 11.5. The number of amides is 1. The molecule has 1 rings (SSSR count). The lowest BCUT2D eigenvalue weighted by molar-refractivity contribution is -0.129. The van der Waals surface area contributed by atoms with Gasteiger partial charge in [0.05, 0.1) is 0 Å². The van der Waals surface area contributed by atoms with Crippen molar-refractivity contribution >= 4 is 5.91 Å². The van der Waals surface area contributed by atoms with E-state index in [0.29, 0.717) is 12.5 Å². The van der Waals surface area contributed by atoms with Gasteiger partial charge in [0.1, 0.15) is 0 Å². The molecule has 1 heterocycles. The molecule has 82 valence electrons. The molecule has 1 unspecified atom stereocenters. The van der Waals surface area contributed by atoms with Crippen LogP contribution in [0, 0.1) is 0 Å². The van der Waals surface area contributed by atoms with E-state index in [9.17, 15) is 4.79 Å². The number of nitrogens with one attached hydrogen (secondary N) is 1. The predicted molar refractivity (Wildman–Crippen MR) is 57.2 cm³/mol. The summed E-state index contributed by atoms with van der Waals surface area (Å²) >= 11 is 0. The van der Waals surface area contributed by atoms with Crippen LogP contribution in [0.15, 0.2) is 0 Å². The highest BCUT2D eigenvalue weighted by Crippen LogP contribution is 2.04. The number of nitrogens with zero attached hydrogens (tertiary/aromatic N) is 2. The van der Waals surface area contributed by atoms with Gasteiger partial charge in [-0.25, -0.2) is 0 Å². The molecule has 1 atom stereocenters. The molecule has 0 aromatic heterocycles. The Kier molecular flexibility index (Phi) is 4.35. The summed E-state index contributed by atoms with van der Waals surface area (Å²) in [4.78, 5) is 15.4. The summed E-state index contributed by atoms with van der Waals surface area (Å²) in [7, 11) is 5.74. The minimum Gasteiger partial charge on any atom is -0.349 e. The molecule has 1 saturated heterocycles. The van der Waals surface area contributed by atoms with Crippen molar-refractivity contribution in [2.75, 3.05) is 40.8 Å². The number of hydrogen-bond acceptors (Lipinski definition) is 3. The largest absolute Gasteiger partial charge is 0.349 e. The summed E-state index contributed by atoms with van der Waals surface area (Å²) in [6, 6.07) is 0.356. The first-order valence-electron chi connectivity index (χ1n) is 5.21. The van der Waals surface area contributed by atoms with E-state index in [1.54, 1.807) is 4.90 Å². The van der Waals surface area contributed by atoms with Gasteiger partial charge >= 0.3 is 0 Å². The summed E-state index contributed by atoms with van der Waals surface area (Å²) in [6.07, 6.45) is 1.69. The monoisotopic (exact) mass is 199 g/mol. The van der Waals surface area contributed by atoms with E-state index in [4.69, 9.17) is 0 Å². The van der Waals surface area contributed by atoms with Crippen molar-refractivity contribution in [2.45, 2.75) is 18.9 Å². The highest BCUT2D eigenvalue weighted by atomic mass is 16.2. The lowest BCUT2D eigenvalue weighted by atomic mass is 10.1. The Morgan fingerprint density at radius 1 is 1.50 bits per heavy atom. The van der Waals surface area contributed by atoms with Crippen LogP contribution < -0.4 is 5.32 Å². The van der Waals surface area contributed by atoms with Crippen LogP contribution in [0.4, 0.5) is 0 Å². The van der Waals surface area contributed by atoms with Crippen LogP contribution in [0.25, 0.3) is 0 Å². The van der Waals surface area contributed by atoms with Crippen LogP contribution in [0.2, 0.25) is 0 Å². The first kappa shape index (κ1) is 11.5. The van der Waals surface area contributed by atoms with Crippen molar-refractivity contribution in [1.82, 2.24) is 15.1 Å². The molecule has 14 heavy (non-hydrogen) atoms. The third kappa shape index (κ3) is 3.64. The molecule has 0 saturated carbocycles. The molecular formula is C10H21N3O. The van der Waals surface area contributed by atoms with Crippen LogP contribution in [0.3, 0.4) is 0 Å². The number of likely N-dealkylation sites (N-methyl/N-ethyl adjacent to an activating group) is 1. The summed E-state index contributed by atoms with van der Waals surface area (Å²) < 4.78 is 0. The molecule has 0 aromatic rings. The normalized spacial score (nSPS) is 24.4. The van der Waals surface area contributed by atoms with Crippen molar-refractivity contribution < 1.29 is 4.79 Å². The van der Waals surface area contributed by atoms with Crippen LogP contribution >= 0.6 is 0 Å². The van der Waals surface area contributed by atoms with E-state index >= 15 is 0 Å². The van der Waals surface area contributed by atoms with Crippen molar-refractivity contribution in [1.29, 1.82) is 0 Å². The zero-order valence-electron chi connectivity index (χ0n) is 9.42. The molecular weight excluding hydrogens is 178 g/mol. The highest BCUT2D eigenvalue weighted by molar-refractivity contribution is 5.76. The van der Waals surface area contributed by atoms with E-state index in [1.165, 1.54) is 0 Å². The standard InChI is InChI=1S/C10H21N3O/c1-12(2)10(14)8-9-4-6-13(3)7-5-11-9/h9,11H,4-8H2,1-3H3. The van der Waals surface area contributed by atoms with E-state index < -0.39 is 0 Å². The summed E-state index contributed by atoms with van der Waals surface area (Å²) in [5.74, 6) is 0.215. The summed E-state index contributed by atoms with van der Waals surface area (Å²) in [6.45, 7) is 3.15. The Balaban J connectivity index is 2.33. The first-order valence-corrected chi connectivity index (χ1v) is 5.21. The Hall–Kier alpha value is -0.610. The van der Waals surface area contributed by atoms with Crippen molar-refractivity contribution in [3.05, 3.63) is 0 Å². The van der Waals surface area contributed by atoms with Crippen LogP contribution in [-0.2, 0) is 4.79 Å². The average Bonchev–Trinajstić information content (AvgIpc) is 2.31. The van der Waals surface area contributed by atoms with E-state index in [2.05, 4.69) is 17.3 Å². The Morgan fingerprint density at radius 2 is 2.21 bits per heavy atom. The molecule has 1 N–H and O–H groups in total. The second kappa shape index (κ2) is 5.32. The van der Waals surface area contributed by atoms with Crippen LogP contribution in [0.1, 0.15) is 12.8 Å².